The summed E-state index contributed by atoms with van der Waals surface area (Å²) in [5.74, 6) is -0.821. The molecule has 2 aliphatic heterocycles. The van der Waals surface area contributed by atoms with Crippen molar-refractivity contribution in [1.82, 2.24) is 10.2 Å². The van der Waals surface area contributed by atoms with Crippen LogP contribution in [0.25, 0.3) is 0 Å². The van der Waals surface area contributed by atoms with Crippen LogP contribution in [-0.2, 0) is 14.2 Å². The Morgan fingerprint density at radius 3 is 2.25 bits per heavy atom. The molecule has 156 valence electrons. The molecule has 1 aromatic carbocycles. The van der Waals surface area contributed by atoms with Crippen molar-refractivity contribution >= 4 is 6.09 Å². The zero-order valence-electron chi connectivity index (χ0n) is 16.5. The lowest BCUT2D eigenvalue weighted by atomic mass is 10.1. The molecule has 0 bridgehead atoms. The largest absolute Gasteiger partial charge is 0.497 e. The van der Waals surface area contributed by atoms with Gasteiger partial charge in [-0.2, -0.15) is 0 Å². The van der Waals surface area contributed by atoms with E-state index in [4.69, 9.17) is 14.2 Å². The first-order valence-electron chi connectivity index (χ1n) is 9.27. The second kappa shape index (κ2) is 10.3. The lowest BCUT2D eigenvalue weighted by Gasteiger charge is -2.35. The van der Waals surface area contributed by atoms with Crippen LogP contribution < -0.4 is 5.32 Å². The Morgan fingerprint density at radius 1 is 1.14 bits per heavy atom. The number of amides is 1. The SMILES string of the molecule is CC(C)(C)OC(=O)NC1COC=C(N2CCOCC2)C1.Fc1ccc(F)cc1. The fourth-order valence-electron chi connectivity index (χ4n) is 2.67. The maximum atomic E-state index is 11.9. The van der Waals surface area contributed by atoms with Gasteiger partial charge in [-0.05, 0) is 45.0 Å². The number of carbonyl (C=O) groups is 1. The van der Waals surface area contributed by atoms with Crippen molar-refractivity contribution in [1.29, 1.82) is 0 Å². The highest BCUT2D eigenvalue weighted by Gasteiger charge is 2.25. The van der Waals surface area contributed by atoms with Crippen LogP contribution in [0.3, 0.4) is 0 Å². The highest BCUT2D eigenvalue weighted by atomic mass is 19.1. The summed E-state index contributed by atoms with van der Waals surface area (Å²) in [7, 11) is 0. The summed E-state index contributed by atoms with van der Waals surface area (Å²) in [5.41, 5.74) is 0.628. The number of nitrogens with zero attached hydrogens (tertiary/aromatic N) is 1. The van der Waals surface area contributed by atoms with E-state index in [0.29, 0.717) is 6.61 Å². The zero-order valence-corrected chi connectivity index (χ0v) is 16.5. The summed E-state index contributed by atoms with van der Waals surface area (Å²) in [4.78, 5) is 14.0. The Kier molecular flexibility index (Phi) is 8.04. The molecule has 2 aliphatic rings. The molecular weight excluding hydrogens is 370 g/mol. The maximum Gasteiger partial charge on any atom is 0.408 e. The van der Waals surface area contributed by atoms with E-state index in [-0.39, 0.29) is 6.04 Å². The quantitative estimate of drug-likeness (QED) is 0.827. The Hall–Kier alpha value is -2.35. The highest BCUT2D eigenvalue weighted by molar-refractivity contribution is 5.68. The van der Waals surface area contributed by atoms with Gasteiger partial charge in [-0.1, -0.05) is 0 Å². The smallest absolute Gasteiger partial charge is 0.408 e. The van der Waals surface area contributed by atoms with Crippen LogP contribution in [0.1, 0.15) is 27.2 Å². The van der Waals surface area contributed by atoms with E-state index >= 15 is 0 Å². The van der Waals surface area contributed by atoms with Gasteiger partial charge in [-0.3, -0.25) is 0 Å². The first kappa shape index (κ1) is 21.9. The molecule has 0 radical (unpaired) electrons. The molecule has 0 aromatic heterocycles. The molecule has 0 spiro atoms. The summed E-state index contributed by atoms with van der Waals surface area (Å²) in [5, 5.41) is 2.86. The van der Waals surface area contributed by atoms with Crippen LogP contribution in [0.4, 0.5) is 13.6 Å². The van der Waals surface area contributed by atoms with E-state index in [1.54, 1.807) is 6.26 Å². The van der Waals surface area contributed by atoms with E-state index in [0.717, 1.165) is 62.7 Å². The van der Waals surface area contributed by atoms with Crippen molar-refractivity contribution in [3.05, 3.63) is 47.9 Å². The van der Waals surface area contributed by atoms with Crippen LogP contribution in [0.5, 0.6) is 0 Å². The molecule has 1 saturated heterocycles. The van der Waals surface area contributed by atoms with Gasteiger partial charge in [0.2, 0.25) is 0 Å². The zero-order chi connectivity index (χ0) is 20.6. The third-order valence-corrected chi connectivity index (χ3v) is 3.91. The summed E-state index contributed by atoms with van der Waals surface area (Å²) >= 11 is 0. The molecule has 1 unspecified atom stereocenters. The number of carbonyl (C=O) groups excluding carboxylic acids is 1. The number of hydrogen-bond donors (Lipinski definition) is 1. The molecule has 1 aromatic rings. The molecule has 2 heterocycles. The normalized spacial score (nSPS) is 19.5. The van der Waals surface area contributed by atoms with Crippen molar-refractivity contribution in [2.45, 2.75) is 38.8 Å². The summed E-state index contributed by atoms with van der Waals surface area (Å²) in [6.07, 6.45) is 2.16. The Morgan fingerprint density at radius 2 is 1.71 bits per heavy atom. The predicted molar refractivity (Wildman–Crippen MR) is 101 cm³/mol. The number of ether oxygens (including phenoxy) is 3. The van der Waals surface area contributed by atoms with Gasteiger partial charge in [-0.25, -0.2) is 13.6 Å². The molecule has 6 nitrogen and oxygen atoms in total. The summed E-state index contributed by atoms with van der Waals surface area (Å²) in [6.45, 7) is 9.24. The Labute approximate surface area is 164 Å². The van der Waals surface area contributed by atoms with Gasteiger partial charge in [0, 0.05) is 19.5 Å². The maximum absolute atomic E-state index is 11.9. The van der Waals surface area contributed by atoms with E-state index in [9.17, 15) is 13.6 Å². The molecule has 0 saturated carbocycles. The third-order valence-electron chi connectivity index (χ3n) is 3.91. The molecule has 28 heavy (non-hydrogen) atoms. The van der Waals surface area contributed by atoms with Crippen LogP contribution in [0.15, 0.2) is 36.2 Å². The lowest BCUT2D eigenvalue weighted by molar-refractivity contribution is 0.0371. The van der Waals surface area contributed by atoms with Crippen LogP contribution in [0.2, 0.25) is 0 Å². The number of hydrogen-bond acceptors (Lipinski definition) is 5. The molecule has 8 heteroatoms. The van der Waals surface area contributed by atoms with Crippen molar-refractivity contribution in [2.75, 3.05) is 32.9 Å². The minimum absolute atomic E-state index is 0.0484. The summed E-state index contributed by atoms with van der Waals surface area (Å²) in [6, 6.07) is 4.27. The topological polar surface area (TPSA) is 60.0 Å². The second-order valence-electron chi connectivity index (χ2n) is 7.53. The molecule has 1 amide bonds. The van der Waals surface area contributed by atoms with Gasteiger partial charge < -0.3 is 24.4 Å². The molecule has 1 atom stereocenters. The van der Waals surface area contributed by atoms with Gasteiger partial charge in [0.05, 0.1) is 25.0 Å². The molecule has 3 rings (SSSR count). The number of alkyl carbamates (subject to hydrolysis) is 1. The number of halogens is 2. The Bertz CT molecular complexity index is 632. The van der Waals surface area contributed by atoms with Crippen molar-refractivity contribution in [2.24, 2.45) is 0 Å². The van der Waals surface area contributed by atoms with E-state index in [1.165, 1.54) is 0 Å². The van der Waals surface area contributed by atoms with Gasteiger partial charge >= 0.3 is 6.09 Å². The van der Waals surface area contributed by atoms with Gasteiger partial charge in [0.25, 0.3) is 0 Å². The molecular formula is C20H28F2N2O4. The van der Waals surface area contributed by atoms with E-state index in [1.807, 2.05) is 20.8 Å². The fraction of sp³-hybridized carbons (Fsp3) is 0.550. The average molecular weight is 398 g/mol. The third kappa shape index (κ3) is 8.12. The minimum atomic E-state index is -0.484. The second-order valence-corrected chi connectivity index (χ2v) is 7.53. The Balaban J connectivity index is 0.000000292. The number of nitrogens with one attached hydrogen (secondary N) is 1. The first-order valence-corrected chi connectivity index (χ1v) is 9.27. The van der Waals surface area contributed by atoms with Crippen LogP contribution in [0, 0.1) is 11.6 Å². The van der Waals surface area contributed by atoms with Crippen molar-refractivity contribution in [3.8, 4) is 0 Å². The highest BCUT2D eigenvalue weighted by Crippen LogP contribution is 2.19. The van der Waals surface area contributed by atoms with Gasteiger partial charge in [-0.15, -0.1) is 0 Å². The predicted octanol–water partition coefficient (Wildman–Crippen LogP) is 3.44. The van der Waals surface area contributed by atoms with Crippen molar-refractivity contribution in [3.63, 3.8) is 0 Å². The lowest BCUT2D eigenvalue weighted by Crippen LogP contribution is -2.45. The van der Waals surface area contributed by atoms with Gasteiger partial charge in [0.15, 0.2) is 0 Å². The van der Waals surface area contributed by atoms with Crippen LogP contribution in [-0.4, -0.2) is 55.5 Å². The minimum Gasteiger partial charge on any atom is -0.497 e. The molecule has 1 N–H and O–H groups in total. The van der Waals surface area contributed by atoms with Crippen molar-refractivity contribution < 1.29 is 27.8 Å². The molecule has 1 fully saturated rings. The van der Waals surface area contributed by atoms with Crippen LogP contribution >= 0.6 is 0 Å². The monoisotopic (exact) mass is 398 g/mol. The average Bonchev–Trinajstić information content (AvgIpc) is 2.64. The van der Waals surface area contributed by atoms with Gasteiger partial charge in [0.1, 0.15) is 30.1 Å². The number of morpholine rings is 1. The van der Waals surface area contributed by atoms with E-state index in [2.05, 4.69) is 10.2 Å². The fourth-order valence-corrected chi connectivity index (χ4v) is 2.67. The molecule has 0 aliphatic carbocycles. The number of benzene rings is 1. The number of rotatable bonds is 2. The standard InChI is InChI=1S/C14H24N2O4.C6H4F2/c1-14(2,3)20-13(17)15-11-8-12(10-19-9-11)16-4-6-18-7-5-16;7-5-1-2-6(8)4-3-5/h10-11H,4-9H2,1-3H3,(H,15,17);1-4H. The first-order chi connectivity index (χ1) is 13.2. The summed E-state index contributed by atoms with van der Waals surface area (Å²) < 4.78 is 39.9. The van der Waals surface area contributed by atoms with E-state index < -0.39 is 23.3 Å².